The molecule has 0 bridgehead atoms. The number of carbonyl (C=O) groups is 1. The van der Waals surface area contributed by atoms with Gasteiger partial charge in [0.05, 0.1) is 32.8 Å². The molecule has 8 heteroatoms. The van der Waals surface area contributed by atoms with Crippen molar-refractivity contribution in [3.05, 3.63) is 29.7 Å². The molecule has 1 atom stereocenters. The summed E-state index contributed by atoms with van der Waals surface area (Å²) < 4.78 is 16.1. The summed E-state index contributed by atoms with van der Waals surface area (Å²) in [5, 5.41) is 16.0. The topological polar surface area (TPSA) is 106 Å². The monoisotopic (exact) mass is 361 g/mol. The summed E-state index contributed by atoms with van der Waals surface area (Å²) in [6.45, 7) is 4.44. The lowest BCUT2D eigenvalue weighted by molar-refractivity contribution is -0.126. The molecule has 1 aromatic carbocycles. The minimum Gasteiger partial charge on any atom is -0.504 e. The number of aromatic hydroxyl groups is 1. The molecule has 0 radical (unpaired) electrons. The van der Waals surface area contributed by atoms with Gasteiger partial charge in [-0.2, -0.15) is 0 Å². The van der Waals surface area contributed by atoms with Gasteiger partial charge >= 0.3 is 0 Å². The van der Waals surface area contributed by atoms with E-state index in [0.717, 1.165) is 6.54 Å². The van der Waals surface area contributed by atoms with E-state index in [2.05, 4.69) is 15.6 Å². The normalized spacial score (nSPS) is 17.5. The Kier molecular flexibility index (Phi) is 5.75. The molecule has 1 aromatic heterocycles. The van der Waals surface area contributed by atoms with E-state index in [4.69, 9.17) is 13.9 Å². The highest BCUT2D eigenvalue weighted by Crippen LogP contribution is 2.31. The van der Waals surface area contributed by atoms with Crippen LogP contribution in [0.15, 0.2) is 22.6 Å². The molecule has 0 aliphatic carbocycles. The maximum Gasteiger partial charge on any atom is 0.227 e. The van der Waals surface area contributed by atoms with Gasteiger partial charge in [0.1, 0.15) is 11.5 Å². The first-order chi connectivity index (χ1) is 12.6. The van der Waals surface area contributed by atoms with Crippen molar-refractivity contribution in [3.8, 4) is 23.0 Å². The predicted octanol–water partition coefficient (Wildman–Crippen LogP) is 1.22. The van der Waals surface area contributed by atoms with Crippen LogP contribution in [0.4, 0.5) is 0 Å². The molecule has 0 saturated carbocycles. The number of methoxy groups -OCH3 is 1. The number of ether oxygens (including phenoxy) is 2. The Bertz CT molecular complexity index is 766. The molecule has 0 spiro atoms. The Labute approximate surface area is 151 Å². The molecule has 2 aromatic rings. The van der Waals surface area contributed by atoms with Gasteiger partial charge in [-0.15, -0.1) is 0 Å². The molecular formula is C18H23N3O5. The summed E-state index contributed by atoms with van der Waals surface area (Å²) in [7, 11) is 1.49. The summed E-state index contributed by atoms with van der Waals surface area (Å²) in [4.78, 5) is 16.7. The first kappa shape index (κ1) is 18.2. The molecule has 1 saturated heterocycles. The van der Waals surface area contributed by atoms with Crippen LogP contribution in [-0.4, -0.2) is 49.4 Å². The summed E-state index contributed by atoms with van der Waals surface area (Å²) in [5.74, 6) is 1.09. The Balaban J connectivity index is 1.66. The van der Waals surface area contributed by atoms with E-state index in [-0.39, 0.29) is 24.1 Å². The molecule has 140 valence electrons. The number of aryl methyl sites for hydroxylation is 1. The predicted molar refractivity (Wildman–Crippen MR) is 93.9 cm³/mol. The van der Waals surface area contributed by atoms with E-state index in [9.17, 15) is 9.90 Å². The molecule has 1 aliphatic rings. The van der Waals surface area contributed by atoms with Crippen LogP contribution in [0.5, 0.6) is 11.5 Å². The van der Waals surface area contributed by atoms with Gasteiger partial charge in [-0.1, -0.05) is 0 Å². The summed E-state index contributed by atoms with van der Waals surface area (Å²) in [6, 6.07) is 4.92. The van der Waals surface area contributed by atoms with Crippen LogP contribution in [0.25, 0.3) is 11.5 Å². The van der Waals surface area contributed by atoms with Crippen LogP contribution in [-0.2, 0) is 16.1 Å². The van der Waals surface area contributed by atoms with Gasteiger partial charge in [-0.25, -0.2) is 4.98 Å². The third-order valence-corrected chi connectivity index (χ3v) is 4.25. The molecular weight excluding hydrogens is 338 g/mol. The van der Waals surface area contributed by atoms with Crippen molar-refractivity contribution >= 4 is 5.91 Å². The van der Waals surface area contributed by atoms with Gasteiger partial charge < -0.3 is 29.6 Å². The Morgan fingerprint density at radius 3 is 3.12 bits per heavy atom. The minimum atomic E-state index is -0.220. The molecule has 1 aliphatic heterocycles. The third kappa shape index (κ3) is 4.14. The van der Waals surface area contributed by atoms with E-state index >= 15 is 0 Å². The second kappa shape index (κ2) is 8.20. The number of nitrogens with zero attached hydrogens (tertiary/aromatic N) is 1. The molecule has 3 rings (SSSR count). The standard InChI is InChI=1S/C18H23N3O5/c1-11-14(9-20-17(23)13-8-19-5-6-25-10-13)21-18(26-11)12-3-4-16(24-2)15(22)7-12/h3-4,7,13,19,22H,5-6,8-10H2,1-2H3,(H,20,23). The second-order valence-electron chi connectivity index (χ2n) is 6.10. The number of phenolic OH excluding ortho intramolecular Hbond substituents is 1. The number of nitrogens with one attached hydrogen (secondary N) is 2. The van der Waals surface area contributed by atoms with Crippen LogP contribution >= 0.6 is 0 Å². The van der Waals surface area contributed by atoms with Crippen LogP contribution in [0.3, 0.4) is 0 Å². The van der Waals surface area contributed by atoms with Crippen molar-refractivity contribution in [2.45, 2.75) is 13.5 Å². The van der Waals surface area contributed by atoms with Crippen LogP contribution in [0.2, 0.25) is 0 Å². The number of phenols is 1. The van der Waals surface area contributed by atoms with Gasteiger partial charge in [0, 0.05) is 18.7 Å². The lowest BCUT2D eigenvalue weighted by Crippen LogP contribution is -2.37. The fourth-order valence-corrected chi connectivity index (χ4v) is 2.73. The fraction of sp³-hybridized carbons (Fsp3) is 0.444. The number of hydrogen-bond donors (Lipinski definition) is 3. The largest absolute Gasteiger partial charge is 0.504 e. The summed E-state index contributed by atoms with van der Waals surface area (Å²) in [6.07, 6.45) is 0. The summed E-state index contributed by atoms with van der Waals surface area (Å²) in [5.41, 5.74) is 1.27. The van der Waals surface area contributed by atoms with Crippen molar-refractivity contribution < 1.29 is 23.8 Å². The number of hydrogen-bond acceptors (Lipinski definition) is 7. The third-order valence-electron chi connectivity index (χ3n) is 4.25. The smallest absolute Gasteiger partial charge is 0.227 e. The molecule has 1 fully saturated rings. The molecule has 2 heterocycles. The van der Waals surface area contributed by atoms with Gasteiger partial charge in [0.25, 0.3) is 0 Å². The van der Waals surface area contributed by atoms with Crippen molar-refractivity contribution in [3.63, 3.8) is 0 Å². The van der Waals surface area contributed by atoms with E-state index < -0.39 is 0 Å². The molecule has 26 heavy (non-hydrogen) atoms. The molecule has 1 unspecified atom stereocenters. The lowest BCUT2D eigenvalue weighted by atomic mass is 10.1. The maximum atomic E-state index is 12.3. The van der Waals surface area contributed by atoms with Gasteiger partial charge in [-0.3, -0.25) is 4.79 Å². The molecule has 1 amide bonds. The number of carbonyl (C=O) groups excluding carboxylic acids is 1. The average Bonchev–Trinajstić information content (AvgIpc) is 2.84. The fourth-order valence-electron chi connectivity index (χ4n) is 2.73. The van der Waals surface area contributed by atoms with Crippen molar-refractivity contribution in [2.75, 3.05) is 33.4 Å². The number of rotatable bonds is 5. The molecule has 8 nitrogen and oxygen atoms in total. The number of amides is 1. The SMILES string of the molecule is COc1ccc(-c2nc(CNC(=O)C3CNCCOC3)c(C)o2)cc1O. The van der Waals surface area contributed by atoms with E-state index in [1.165, 1.54) is 13.2 Å². The maximum absolute atomic E-state index is 12.3. The average molecular weight is 361 g/mol. The summed E-state index contributed by atoms with van der Waals surface area (Å²) >= 11 is 0. The zero-order valence-electron chi connectivity index (χ0n) is 14.9. The van der Waals surface area contributed by atoms with Gasteiger partial charge in [0.2, 0.25) is 11.8 Å². The Morgan fingerprint density at radius 2 is 2.35 bits per heavy atom. The van der Waals surface area contributed by atoms with Crippen molar-refractivity contribution in [2.24, 2.45) is 5.92 Å². The van der Waals surface area contributed by atoms with Crippen LogP contribution in [0.1, 0.15) is 11.5 Å². The highest BCUT2D eigenvalue weighted by atomic mass is 16.5. The quantitative estimate of drug-likeness (QED) is 0.735. The second-order valence-corrected chi connectivity index (χ2v) is 6.10. The Morgan fingerprint density at radius 1 is 1.50 bits per heavy atom. The van der Waals surface area contributed by atoms with E-state index in [1.807, 2.05) is 0 Å². The van der Waals surface area contributed by atoms with Gasteiger partial charge in [-0.05, 0) is 25.1 Å². The first-order valence-corrected chi connectivity index (χ1v) is 8.48. The number of oxazole rings is 1. The van der Waals surface area contributed by atoms with Gasteiger partial charge in [0.15, 0.2) is 11.5 Å². The highest BCUT2D eigenvalue weighted by molar-refractivity contribution is 5.79. The Hall–Kier alpha value is -2.58. The lowest BCUT2D eigenvalue weighted by Gasteiger charge is -2.13. The van der Waals surface area contributed by atoms with E-state index in [0.29, 0.717) is 48.4 Å². The zero-order chi connectivity index (χ0) is 18.5. The first-order valence-electron chi connectivity index (χ1n) is 8.48. The number of aromatic nitrogens is 1. The van der Waals surface area contributed by atoms with E-state index in [1.54, 1.807) is 19.1 Å². The minimum absolute atomic E-state index is 0.0107. The molecule has 3 N–H and O–H groups in total. The number of benzene rings is 1. The van der Waals surface area contributed by atoms with Crippen molar-refractivity contribution in [1.82, 2.24) is 15.6 Å². The van der Waals surface area contributed by atoms with Crippen LogP contribution in [0, 0.1) is 12.8 Å². The van der Waals surface area contributed by atoms with Crippen LogP contribution < -0.4 is 15.4 Å². The van der Waals surface area contributed by atoms with Crippen molar-refractivity contribution in [1.29, 1.82) is 0 Å². The zero-order valence-corrected chi connectivity index (χ0v) is 14.9. The highest BCUT2D eigenvalue weighted by Gasteiger charge is 2.21.